The Labute approximate surface area is 169 Å². The van der Waals surface area contributed by atoms with E-state index in [9.17, 15) is 4.79 Å². The number of benzene rings is 1. The van der Waals surface area contributed by atoms with Gasteiger partial charge >= 0.3 is 0 Å². The molecule has 1 amide bonds. The summed E-state index contributed by atoms with van der Waals surface area (Å²) >= 11 is 6.48. The summed E-state index contributed by atoms with van der Waals surface area (Å²) in [4.78, 5) is 17.1. The molecule has 4 rings (SSSR count). The molecule has 2 saturated heterocycles. The van der Waals surface area contributed by atoms with Crippen molar-refractivity contribution in [3.05, 3.63) is 41.6 Å². The van der Waals surface area contributed by atoms with Gasteiger partial charge < -0.3 is 19.9 Å². The standard InChI is InChI=1S/C20H24ClN5O2/c21-17-13-16(5-6-18(17)25-9-11-28-12-10-25)23-20(27)15-3-2-8-26(14-15)19-4-1-7-22-24-19/h1,4-7,13,15H,2-3,8-12,14H2,(H,23,27). The monoisotopic (exact) mass is 401 g/mol. The first kappa shape index (κ1) is 19.0. The van der Waals surface area contributed by atoms with Crippen LogP contribution >= 0.6 is 11.6 Å². The maximum Gasteiger partial charge on any atom is 0.229 e. The highest BCUT2D eigenvalue weighted by Crippen LogP contribution is 2.30. The summed E-state index contributed by atoms with van der Waals surface area (Å²) in [5, 5.41) is 11.8. The average molecular weight is 402 g/mol. The van der Waals surface area contributed by atoms with Gasteiger partial charge in [-0.15, -0.1) is 5.10 Å². The van der Waals surface area contributed by atoms with E-state index in [1.165, 1.54) is 0 Å². The van der Waals surface area contributed by atoms with Crippen molar-refractivity contribution in [3.63, 3.8) is 0 Å². The number of halogens is 1. The summed E-state index contributed by atoms with van der Waals surface area (Å²) in [6.07, 6.45) is 3.47. The molecule has 1 N–H and O–H groups in total. The number of ether oxygens (including phenoxy) is 1. The van der Waals surface area contributed by atoms with Crippen molar-refractivity contribution in [1.29, 1.82) is 0 Å². The molecule has 2 fully saturated rings. The van der Waals surface area contributed by atoms with Crippen molar-refractivity contribution in [3.8, 4) is 0 Å². The fourth-order valence-corrected chi connectivity index (χ4v) is 4.05. The molecule has 2 aromatic rings. The van der Waals surface area contributed by atoms with E-state index in [0.29, 0.717) is 24.8 Å². The quantitative estimate of drug-likeness (QED) is 0.849. The van der Waals surface area contributed by atoms with Crippen molar-refractivity contribution in [2.45, 2.75) is 12.8 Å². The zero-order valence-electron chi connectivity index (χ0n) is 15.7. The molecule has 3 heterocycles. The molecule has 0 saturated carbocycles. The summed E-state index contributed by atoms with van der Waals surface area (Å²) in [7, 11) is 0. The molecule has 0 bridgehead atoms. The Balaban J connectivity index is 1.39. The van der Waals surface area contributed by atoms with E-state index in [0.717, 1.165) is 49.7 Å². The average Bonchev–Trinajstić information content (AvgIpc) is 2.75. The van der Waals surface area contributed by atoms with E-state index in [-0.39, 0.29) is 11.8 Å². The molecule has 28 heavy (non-hydrogen) atoms. The molecule has 1 aromatic heterocycles. The predicted octanol–water partition coefficient (Wildman–Crippen LogP) is 2.82. The molecular weight excluding hydrogens is 378 g/mol. The third-order valence-corrected chi connectivity index (χ3v) is 5.54. The number of hydrogen-bond donors (Lipinski definition) is 1. The van der Waals surface area contributed by atoms with Crippen LogP contribution in [-0.4, -0.2) is 55.5 Å². The number of rotatable bonds is 4. The normalized spacial score (nSPS) is 20.1. The number of carbonyl (C=O) groups excluding carboxylic acids is 1. The Morgan fingerprint density at radius 1 is 1.18 bits per heavy atom. The van der Waals surface area contributed by atoms with Crippen LogP contribution in [0.2, 0.25) is 5.02 Å². The van der Waals surface area contributed by atoms with E-state index in [2.05, 4.69) is 25.3 Å². The first-order chi connectivity index (χ1) is 13.7. The predicted molar refractivity (Wildman–Crippen MR) is 110 cm³/mol. The molecule has 1 aromatic carbocycles. The molecule has 8 heteroatoms. The molecule has 0 radical (unpaired) electrons. The molecule has 0 aliphatic carbocycles. The lowest BCUT2D eigenvalue weighted by molar-refractivity contribution is -0.120. The van der Waals surface area contributed by atoms with Gasteiger partial charge in [0.15, 0.2) is 5.82 Å². The first-order valence-corrected chi connectivity index (χ1v) is 10.0. The molecule has 0 spiro atoms. The first-order valence-electron chi connectivity index (χ1n) is 9.66. The third kappa shape index (κ3) is 4.36. The van der Waals surface area contributed by atoms with Crippen LogP contribution in [0.15, 0.2) is 36.5 Å². The van der Waals surface area contributed by atoms with E-state index in [1.54, 1.807) is 6.20 Å². The summed E-state index contributed by atoms with van der Waals surface area (Å²) in [6, 6.07) is 9.50. The van der Waals surface area contributed by atoms with Gasteiger partial charge in [-0.05, 0) is 43.2 Å². The van der Waals surface area contributed by atoms with Crippen LogP contribution in [0.25, 0.3) is 0 Å². The van der Waals surface area contributed by atoms with Gasteiger partial charge in [0.25, 0.3) is 0 Å². The van der Waals surface area contributed by atoms with Gasteiger partial charge in [-0.2, -0.15) is 5.10 Å². The van der Waals surface area contributed by atoms with Crippen LogP contribution in [-0.2, 0) is 9.53 Å². The second kappa shape index (κ2) is 8.75. The van der Waals surface area contributed by atoms with Crippen molar-refractivity contribution in [2.75, 3.05) is 54.5 Å². The molecule has 1 atom stereocenters. The smallest absolute Gasteiger partial charge is 0.229 e. The van der Waals surface area contributed by atoms with Crippen LogP contribution < -0.4 is 15.1 Å². The van der Waals surface area contributed by atoms with E-state index >= 15 is 0 Å². The zero-order valence-corrected chi connectivity index (χ0v) is 16.4. The lowest BCUT2D eigenvalue weighted by Crippen LogP contribution is -2.41. The minimum absolute atomic E-state index is 0.0174. The van der Waals surface area contributed by atoms with E-state index in [1.807, 2.05) is 30.3 Å². The number of carbonyl (C=O) groups is 1. The third-order valence-electron chi connectivity index (χ3n) is 5.24. The molecule has 148 valence electrons. The number of nitrogens with one attached hydrogen (secondary N) is 1. The van der Waals surface area contributed by atoms with Crippen LogP contribution in [0.1, 0.15) is 12.8 Å². The number of aromatic nitrogens is 2. The van der Waals surface area contributed by atoms with E-state index < -0.39 is 0 Å². The number of hydrogen-bond acceptors (Lipinski definition) is 6. The fourth-order valence-electron chi connectivity index (χ4n) is 3.75. The van der Waals surface area contributed by atoms with Gasteiger partial charge in [-0.1, -0.05) is 11.6 Å². The van der Waals surface area contributed by atoms with Crippen molar-refractivity contribution in [2.24, 2.45) is 5.92 Å². The van der Waals surface area contributed by atoms with Crippen molar-refractivity contribution in [1.82, 2.24) is 10.2 Å². The Kier molecular flexibility index (Phi) is 5.92. The van der Waals surface area contributed by atoms with Gasteiger partial charge in [0.05, 0.1) is 29.8 Å². The van der Waals surface area contributed by atoms with Gasteiger partial charge in [-0.3, -0.25) is 4.79 Å². The maximum absolute atomic E-state index is 12.8. The minimum atomic E-state index is -0.0894. The van der Waals surface area contributed by atoms with E-state index in [4.69, 9.17) is 16.3 Å². The van der Waals surface area contributed by atoms with Gasteiger partial charge in [0.2, 0.25) is 5.91 Å². The highest BCUT2D eigenvalue weighted by atomic mass is 35.5. The summed E-state index contributed by atoms with van der Waals surface area (Å²) in [5.41, 5.74) is 1.71. The highest BCUT2D eigenvalue weighted by molar-refractivity contribution is 6.33. The number of piperidine rings is 1. The zero-order chi connectivity index (χ0) is 19.3. The van der Waals surface area contributed by atoms with Gasteiger partial charge in [0.1, 0.15) is 0 Å². The summed E-state index contributed by atoms with van der Waals surface area (Å²) in [5.74, 6) is 0.745. The van der Waals surface area contributed by atoms with Crippen LogP contribution in [0.3, 0.4) is 0 Å². The number of nitrogens with zero attached hydrogens (tertiary/aromatic N) is 4. The van der Waals surface area contributed by atoms with Crippen molar-refractivity contribution < 1.29 is 9.53 Å². The van der Waals surface area contributed by atoms with Crippen LogP contribution in [0.4, 0.5) is 17.2 Å². The molecule has 2 aliphatic heterocycles. The van der Waals surface area contributed by atoms with Crippen LogP contribution in [0.5, 0.6) is 0 Å². The number of morpholine rings is 1. The SMILES string of the molecule is O=C(Nc1ccc(N2CCOCC2)c(Cl)c1)C1CCCN(c2cccnn2)C1. The number of amides is 1. The topological polar surface area (TPSA) is 70.6 Å². The fraction of sp³-hybridized carbons (Fsp3) is 0.450. The second-order valence-electron chi connectivity index (χ2n) is 7.12. The Morgan fingerprint density at radius 2 is 2.04 bits per heavy atom. The summed E-state index contributed by atoms with van der Waals surface area (Å²) < 4.78 is 5.39. The minimum Gasteiger partial charge on any atom is -0.378 e. The second-order valence-corrected chi connectivity index (χ2v) is 7.53. The molecular formula is C20H24ClN5O2. The molecule has 1 unspecified atom stereocenters. The lowest BCUT2D eigenvalue weighted by Gasteiger charge is -2.32. The molecule has 2 aliphatic rings. The highest BCUT2D eigenvalue weighted by Gasteiger charge is 2.27. The lowest BCUT2D eigenvalue weighted by atomic mass is 9.97. The van der Waals surface area contributed by atoms with Crippen LogP contribution in [0, 0.1) is 5.92 Å². The largest absolute Gasteiger partial charge is 0.378 e. The van der Waals surface area contributed by atoms with Gasteiger partial charge in [-0.25, -0.2) is 0 Å². The summed E-state index contributed by atoms with van der Waals surface area (Å²) in [6.45, 7) is 4.60. The van der Waals surface area contributed by atoms with Gasteiger partial charge in [0, 0.05) is 38.1 Å². The van der Waals surface area contributed by atoms with Crippen molar-refractivity contribution >= 4 is 34.7 Å². The maximum atomic E-state index is 12.8. The Bertz CT molecular complexity index is 813. The Hall–Kier alpha value is -2.38. The molecule has 7 nitrogen and oxygen atoms in total. The number of anilines is 3. The Morgan fingerprint density at radius 3 is 2.79 bits per heavy atom.